The SMILES string of the molecule is O=C(CCn1ccnc1)Nc1cccc(C(=O)N2CCc3sccc3C2c2cccs2)c1. The van der Waals surface area contributed by atoms with Crippen molar-refractivity contribution in [2.45, 2.75) is 25.4 Å². The van der Waals surface area contributed by atoms with Crippen LogP contribution >= 0.6 is 22.7 Å². The molecule has 1 aromatic carbocycles. The van der Waals surface area contributed by atoms with Gasteiger partial charge in [0, 0.05) is 52.9 Å². The van der Waals surface area contributed by atoms with Gasteiger partial charge in [-0.1, -0.05) is 12.1 Å². The normalized spacial score (nSPS) is 15.4. The van der Waals surface area contributed by atoms with Gasteiger partial charge in [0.2, 0.25) is 5.91 Å². The van der Waals surface area contributed by atoms with Crippen LogP contribution in [-0.2, 0) is 17.8 Å². The summed E-state index contributed by atoms with van der Waals surface area (Å²) >= 11 is 3.44. The first-order chi connectivity index (χ1) is 15.7. The van der Waals surface area contributed by atoms with E-state index in [1.807, 2.05) is 39.9 Å². The molecular formula is C24H22N4O2S2. The Labute approximate surface area is 194 Å². The standard InChI is InChI=1S/C24H22N4O2S2/c29-22(7-10-27-12-9-25-16-27)26-18-4-1-3-17(15-18)24(30)28-11-6-20-19(8-14-32-20)23(28)21-5-2-13-31-21/h1-5,8-9,12-16,23H,6-7,10-11H2,(H,26,29). The molecule has 0 fully saturated rings. The molecule has 2 amide bonds. The van der Waals surface area contributed by atoms with Gasteiger partial charge in [-0.05, 0) is 53.1 Å². The van der Waals surface area contributed by atoms with Gasteiger partial charge in [0.15, 0.2) is 0 Å². The van der Waals surface area contributed by atoms with Crippen LogP contribution in [0.5, 0.6) is 0 Å². The number of imidazole rings is 1. The Bertz CT molecular complexity index is 1210. The molecule has 4 aromatic rings. The summed E-state index contributed by atoms with van der Waals surface area (Å²) < 4.78 is 1.86. The van der Waals surface area contributed by atoms with E-state index in [1.54, 1.807) is 41.3 Å². The number of anilines is 1. The lowest BCUT2D eigenvalue weighted by atomic mass is 9.97. The van der Waals surface area contributed by atoms with E-state index in [0.717, 1.165) is 6.42 Å². The lowest BCUT2D eigenvalue weighted by Gasteiger charge is -2.35. The Morgan fingerprint density at radius 2 is 2.06 bits per heavy atom. The molecule has 1 N–H and O–H groups in total. The number of amides is 2. The largest absolute Gasteiger partial charge is 0.337 e. The number of nitrogens with zero attached hydrogens (tertiary/aromatic N) is 3. The summed E-state index contributed by atoms with van der Waals surface area (Å²) in [6.45, 7) is 1.24. The van der Waals surface area contributed by atoms with Crippen molar-refractivity contribution in [1.29, 1.82) is 0 Å². The number of aromatic nitrogens is 2. The second-order valence-corrected chi connectivity index (χ2v) is 9.63. The molecule has 0 saturated heterocycles. The van der Waals surface area contributed by atoms with Crippen LogP contribution in [0.4, 0.5) is 5.69 Å². The zero-order valence-electron chi connectivity index (χ0n) is 17.3. The van der Waals surface area contributed by atoms with Crippen molar-refractivity contribution < 1.29 is 9.59 Å². The number of carbonyl (C=O) groups is 2. The molecule has 4 heterocycles. The number of fused-ring (bicyclic) bond motifs is 1. The Morgan fingerprint density at radius 3 is 2.88 bits per heavy atom. The van der Waals surface area contributed by atoms with E-state index in [2.05, 4.69) is 33.2 Å². The Hall–Kier alpha value is -3.23. The molecule has 5 rings (SSSR count). The summed E-state index contributed by atoms with van der Waals surface area (Å²) in [6.07, 6.45) is 6.41. The fraction of sp³-hybridized carbons (Fsp3) is 0.208. The third-order valence-corrected chi connectivity index (χ3v) is 7.51. The van der Waals surface area contributed by atoms with Crippen LogP contribution in [0, 0.1) is 0 Å². The van der Waals surface area contributed by atoms with Crippen LogP contribution in [0.3, 0.4) is 0 Å². The predicted octanol–water partition coefficient (Wildman–Crippen LogP) is 4.82. The van der Waals surface area contributed by atoms with Crippen molar-refractivity contribution in [3.63, 3.8) is 0 Å². The summed E-state index contributed by atoms with van der Waals surface area (Å²) in [6, 6.07) is 13.4. The molecule has 162 valence electrons. The number of nitrogens with one attached hydrogen (secondary N) is 1. The Morgan fingerprint density at radius 1 is 1.12 bits per heavy atom. The number of rotatable bonds is 6. The van der Waals surface area contributed by atoms with Crippen LogP contribution in [-0.4, -0.2) is 32.8 Å². The van der Waals surface area contributed by atoms with Gasteiger partial charge in [0.05, 0.1) is 12.4 Å². The molecule has 0 saturated carbocycles. The van der Waals surface area contributed by atoms with E-state index >= 15 is 0 Å². The molecular weight excluding hydrogens is 440 g/mol. The second-order valence-electron chi connectivity index (χ2n) is 7.65. The van der Waals surface area contributed by atoms with Crippen molar-refractivity contribution in [1.82, 2.24) is 14.5 Å². The molecule has 32 heavy (non-hydrogen) atoms. The van der Waals surface area contributed by atoms with Crippen molar-refractivity contribution in [2.75, 3.05) is 11.9 Å². The summed E-state index contributed by atoms with van der Waals surface area (Å²) in [5.74, 6) is -0.115. The first kappa shape index (κ1) is 20.7. The number of hydrogen-bond acceptors (Lipinski definition) is 5. The quantitative estimate of drug-likeness (QED) is 0.447. The van der Waals surface area contributed by atoms with Gasteiger partial charge in [-0.25, -0.2) is 4.98 Å². The zero-order chi connectivity index (χ0) is 21.9. The minimum Gasteiger partial charge on any atom is -0.337 e. The third-order valence-electron chi connectivity index (χ3n) is 5.59. The average Bonchev–Trinajstić information content (AvgIpc) is 3.59. The lowest BCUT2D eigenvalue weighted by Crippen LogP contribution is -2.39. The van der Waals surface area contributed by atoms with Crippen LogP contribution in [0.2, 0.25) is 0 Å². The molecule has 0 bridgehead atoms. The second kappa shape index (κ2) is 9.10. The van der Waals surface area contributed by atoms with Crippen molar-refractivity contribution in [2.24, 2.45) is 0 Å². The van der Waals surface area contributed by atoms with Gasteiger partial charge >= 0.3 is 0 Å². The van der Waals surface area contributed by atoms with E-state index in [9.17, 15) is 9.59 Å². The maximum Gasteiger partial charge on any atom is 0.254 e. The fourth-order valence-corrected chi connectivity index (χ4v) is 5.82. The Kier molecular flexibility index (Phi) is 5.87. The molecule has 3 aromatic heterocycles. The topological polar surface area (TPSA) is 67.2 Å². The van der Waals surface area contributed by atoms with Gasteiger partial charge in [-0.2, -0.15) is 0 Å². The van der Waals surface area contributed by atoms with Gasteiger partial charge in [0.1, 0.15) is 0 Å². The molecule has 0 aliphatic carbocycles. The third kappa shape index (κ3) is 4.24. The van der Waals surface area contributed by atoms with E-state index < -0.39 is 0 Å². The highest BCUT2D eigenvalue weighted by Crippen LogP contribution is 2.40. The summed E-state index contributed by atoms with van der Waals surface area (Å²) in [5, 5.41) is 7.08. The minimum absolute atomic E-state index is 0.0187. The number of aryl methyl sites for hydroxylation is 1. The van der Waals surface area contributed by atoms with Crippen LogP contribution in [0.1, 0.15) is 38.1 Å². The van der Waals surface area contributed by atoms with Crippen molar-refractivity contribution in [3.8, 4) is 0 Å². The molecule has 1 unspecified atom stereocenters. The molecule has 1 aliphatic heterocycles. The minimum atomic E-state index is -0.0966. The van der Waals surface area contributed by atoms with Crippen molar-refractivity contribution >= 4 is 40.2 Å². The van der Waals surface area contributed by atoms with Gasteiger partial charge in [-0.3, -0.25) is 9.59 Å². The van der Waals surface area contributed by atoms with E-state index in [-0.39, 0.29) is 17.9 Å². The van der Waals surface area contributed by atoms with Crippen LogP contribution < -0.4 is 5.32 Å². The highest BCUT2D eigenvalue weighted by molar-refractivity contribution is 7.10. The van der Waals surface area contributed by atoms with E-state index in [0.29, 0.717) is 30.8 Å². The van der Waals surface area contributed by atoms with Crippen LogP contribution in [0.15, 0.2) is 71.9 Å². The van der Waals surface area contributed by atoms with Crippen molar-refractivity contribution in [3.05, 3.63) is 92.8 Å². The number of benzene rings is 1. The molecule has 1 aliphatic rings. The number of carbonyl (C=O) groups excluding carboxylic acids is 2. The number of hydrogen-bond donors (Lipinski definition) is 1. The highest BCUT2D eigenvalue weighted by atomic mass is 32.1. The number of thiophene rings is 2. The highest BCUT2D eigenvalue weighted by Gasteiger charge is 2.33. The molecule has 8 heteroatoms. The zero-order valence-corrected chi connectivity index (χ0v) is 18.9. The lowest BCUT2D eigenvalue weighted by molar-refractivity contribution is -0.116. The molecule has 0 spiro atoms. The van der Waals surface area contributed by atoms with Gasteiger partial charge < -0.3 is 14.8 Å². The van der Waals surface area contributed by atoms with E-state index in [4.69, 9.17) is 0 Å². The maximum absolute atomic E-state index is 13.6. The fourth-order valence-electron chi connectivity index (χ4n) is 4.06. The Balaban J connectivity index is 1.33. The monoisotopic (exact) mass is 462 g/mol. The van der Waals surface area contributed by atoms with Gasteiger partial charge in [0.25, 0.3) is 5.91 Å². The molecule has 1 atom stereocenters. The molecule has 6 nitrogen and oxygen atoms in total. The van der Waals surface area contributed by atoms with Gasteiger partial charge in [-0.15, -0.1) is 22.7 Å². The first-order valence-corrected chi connectivity index (χ1v) is 12.2. The summed E-state index contributed by atoms with van der Waals surface area (Å²) in [7, 11) is 0. The smallest absolute Gasteiger partial charge is 0.254 e. The molecule has 0 radical (unpaired) electrons. The summed E-state index contributed by atoms with van der Waals surface area (Å²) in [5.41, 5.74) is 2.44. The summed E-state index contributed by atoms with van der Waals surface area (Å²) in [4.78, 5) is 34.4. The van der Waals surface area contributed by atoms with E-state index in [1.165, 1.54) is 15.3 Å². The van der Waals surface area contributed by atoms with Crippen LogP contribution in [0.25, 0.3) is 0 Å². The maximum atomic E-state index is 13.6. The predicted molar refractivity (Wildman–Crippen MR) is 127 cm³/mol. The average molecular weight is 463 g/mol. The first-order valence-electron chi connectivity index (χ1n) is 10.5.